The lowest BCUT2D eigenvalue weighted by atomic mass is 10.2. The number of pyridine rings is 1. The van der Waals surface area contributed by atoms with Gasteiger partial charge in [0.2, 0.25) is 0 Å². The molecule has 25 heavy (non-hydrogen) atoms. The molecule has 1 aromatic heterocycles. The molecule has 0 atom stereocenters. The van der Waals surface area contributed by atoms with Crippen LogP contribution in [-0.2, 0) is 4.79 Å². The Morgan fingerprint density at radius 1 is 1.24 bits per heavy atom. The topological polar surface area (TPSA) is 65.9 Å². The van der Waals surface area contributed by atoms with Gasteiger partial charge in [0.1, 0.15) is 5.82 Å². The number of methoxy groups -OCH3 is 1. The Morgan fingerprint density at radius 3 is 2.68 bits per heavy atom. The summed E-state index contributed by atoms with van der Waals surface area (Å²) in [6, 6.07) is 10.4. The SMILES string of the molecule is COc1cc(/C=C/C(=O)N(CCN(C)C)c2ccccn2)ccc1O. The molecule has 0 aliphatic carbocycles. The molecule has 6 nitrogen and oxygen atoms in total. The van der Waals surface area contributed by atoms with E-state index in [4.69, 9.17) is 4.74 Å². The number of anilines is 1. The smallest absolute Gasteiger partial charge is 0.252 e. The average Bonchev–Trinajstić information content (AvgIpc) is 2.61. The highest BCUT2D eigenvalue weighted by atomic mass is 16.5. The summed E-state index contributed by atoms with van der Waals surface area (Å²) in [7, 11) is 5.40. The maximum absolute atomic E-state index is 12.7. The van der Waals surface area contributed by atoms with Crippen LogP contribution in [0.4, 0.5) is 5.82 Å². The molecule has 1 N–H and O–H groups in total. The average molecular weight is 341 g/mol. The van der Waals surface area contributed by atoms with Gasteiger partial charge in [-0.2, -0.15) is 0 Å². The van der Waals surface area contributed by atoms with Crippen molar-refractivity contribution in [1.82, 2.24) is 9.88 Å². The zero-order chi connectivity index (χ0) is 18.2. The fourth-order valence-corrected chi connectivity index (χ4v) is 2.21. The second-order valence-corrected chi connectivity index (χ2v) is 5.75. The maximum atomic E-state index is 12.7. The van der Waals surface area contributed by atoms with E-state index >= 15 is 0 Å². The van der Waals surface area contributed by atoms with Gasteiger partial charge in [0.25, 0.3) is 5.91 Å². The molecule has 1 aromatic carbocycles. The number of ether oxygens (including phenoxy) is 1. The summed E-state index contributed by atoms with van der Waals surface area (Å²) in [5, 5.41) is 9.63. The van der Waals surface area contributed by atoms with Crippen molar-refractivity contribution in [2.75, 3.05) is 39.2 Å². The number of carbonyl (C=O) groups excluding carboxylic acids is 1. The van der Waals surface area contributed by atoms with Crippen molar-refractivity contribution in [3.05, 3.63) is 54.2 Å². The minimum atomic E-state index is -0.160. The number of rotatable bonds is 7. The van der Waals surface area contributed by atoms with Gasteiger partial charge in [-0.05, 0) is 50.0 Å². The van der Waals surface area contributed by atoms with Crippen LogP contribution in [0.2, 0.25) is 0 Å². The molecule has 0 bridgehead atoms. The van der Waals surface area contributed by atoms with Crippen LogP contribution in [-0.4, -0.2) is 55.2 Å². The quantitative estimate of drug-likeness (QED) is 0.784. The van der Waals surface area contributed by atoms with E-state index in [0.29, 0.717) is 18.1 Å². The summed E-state index contributed by atoms with van der Waals surface area (Å²) in [6.45, 7) is 1.26. The summed E-state index contributed by atoms with van der Waals surface area (Å²) in [5.74, 6) is 0.880. The van der Waals surface area contributed by atoms with Crippen molar-refractivity contribution in [1.29, 1.82) is 0 Å². The van der Waals surface area contributed by atoms with Gasteiger partial charge in [-0.15, -0.1) is 0 Å². The van der Waals surface area contributed by atoms with Crippen molar-refractivity contribution < 1.29 is 14.6 Å². The Balaban J connectivity index is 2.18. The molecule has 0 spiro atoms. The highest BCUT2D eigenvalue weighted by Gasteiger charge is 2.14. The van der Waals surface area contributed by atoms with Crippen LogP contribution in [0.25, 0.3) is 6.08 Å². The number of hydrogen-bond acceptors (Lipinski definition) is 5. The second-order valence-electron chi connectivity index (χ2n) is 5.75. The summed E-state index contributed by atoms with van der Waals surface area (Å²) in [6.07, 6.45) is 4.85. The molecule has 0 aliphatic rings. The molecule has 0 fully saturated rings. The fourth-order valence-electron chi connectivity index (χ4n) is 2.21. The summed E-state index contributed by atoms with van der Waals surface area (Å²) in [5.41, 5.74) is 0.761. The Labute approximate surface area is 148 Å². The van der Waals surface area contributed by atoms with Crippen LogP contribution < -0.4 is 9.64 Å². The van der Waals surface area contributed by atoms with E-state index in [0.717, 1.165) is 12.1 Å². The molecule has 6 heteroatoms. The third-order valence-electron chi connectivity index (χ3n) is 3.58. The number of phenols is 1. The van der Waals surface area contributed by atoms with Crippen LogP contribution in [0, 0.1) is 0 Å². The molecule has 0 saturated carbocycles. The highest BCUT2D eigenvalue weighted by molar-refractivity contribution is 6.03. The van der Waals surface area contributed by atoms with Gasteiger partial charge in [0.05, 0.1) is 7.11 Å². The van der Waals surface area contributed by atoms with Gasteiger partial charge < -0.3 is 14.7 Å². The molecule has 1 heterocycles. The maximum Gasteiger partial charge on any atom is 0.252 e. The van der Waals surface area contributed by atoms with Crippen molar-refractivity contribution in [3.8, 4) is 11.5 Å². The molecule has 1 amide bonds. The number of hydrogen-bond donors (Lipinski definition) is 1. The largest absolute Gasteiger partial charge is 0.504 e. The number of phenolic OH excluding ortho intramolecular Hbond substituents is 1. The Hall–Kier alpha value is -2.86. The van der Waals surface area contributed by atoms with E-state index in [2.05, 4.69) is 4.98 Å². The first-order valence-electron chi connectivity index (χ1n) is 7.93. The molecular formula is C19H23N3O3. The van der Waals surface area contributed by atoms with Crippen LogP contribution >= 0.6 is 0 Å². The zero-order valence-corrected chi connectivity index (χ0v) is 14.7. The monoisotopic (exact) mass is 341 g/mol. The minimum Gasteiger partial charge on any atom is -0.504 e. The standard InChI is InChI=1S/C19H23N3O3/c1-21(2)12-13-22(18-6-4-5-11-20-18)19(24)10-8-15-7-9-16(23)17(14-15)25-3/h4-11,14,23H,12-13H2,1-3H3/b10-8+. The number of likely N-dealkylation sites (N-methyl/N-ethyl adjacent to an activating group) is 1. The van der Waals surface area contributed by atoms with E-state index in [9.17, 15) is 9.90 Å². The predicted octanol–water partition coefficient (Wildman–Crippen LogP) is 2.40. The second kappa shape index (κ2) is 8.84. The Bertz CT molecular complexity index is 730. The van der Waals surface area contributed by atoms with Gasteiger partial charge in [-0.1, -0.05) is 12.1 Å². The van der Waals surface area contributed by atoms with Crippen LogP contribution in [0.15, 0.2) is 48.7 Å². The molecule has 0 aliphatic heterocycles. The van der Waals surface area contributed by atoms with Gasteiger partial charge in [-0.25, -0.2) is 4.98 Å². The molecular weight excluding hydrogens is 318 g/mol. The lowest BCUT2D eigenvalue weighted by molar-refractivity contribution is -0.114. The van der Waals surface area contributed by atoms with Crippen LogP contribution in [0.3, 0.4) is 0 Å². The van der Waals surface area contributed by atoms with Gasteiger partial charge in [0, 0.05) is 25.4 Å². The summed E-state index contributed by atoms with van der Waals surface area (Å²) < 4.78 is 5.08. The third kappa shape index (κ3) is 5.32. The summed E-state index contributed by atoms with van der Waals surface area (Å²) in [4.78, 5) is 20.6. The predicted molar refractivity (Wildman–Crippen MR) is 98.8 cm³/mol. The first-order valence-corrected chi connectivity index (χ1v) is 7.93. The number of aromatic hydroxyl groups is 1. The van der Waals surface area contributed by atoms with E-state index in [1.54, 1.807) is 29.3 Å². The highest BCUT2D eigenvalue weighted by Crippen LogP contribution is 2.26. The molecule has 2 aromatic rings. The number of nitrogens with zero attached hydrogens (tertiary/aromatic N) is 3. The molecule has 0 saturated heterocycles. The lowest BCUT2D eigenvalue weighted by Crippen LogP contribution is -2.36. The van der Waals surface area contributed by atoms with Crippen molar-refractivity contribution >= 4 is 17.8 Å². The van der Waals surface area contributed by atoms with Gasteiger partial charge >= 0.3 is 0 Å². The van der Waals surface area contributed by atoms with Gasteiger partial charge in [-0.3, -0.25) is 9.69 Å². The number of carbonyl (C=O) groups is 1. The fraction of sp³-hybridized carbons (Fsp3) is 0.263. The van der Waals surface area contributed by atoms with Crippen molar-refractivity contribution in [3.63, 3.8) is 0 Å². The number of amides is 1. The molecule has 0 radical (unpaired) electrons. The van der Waals surface area contributed by atoms with E-state index in [1.165, 1.54) is 19.3 Å². The van der Waals surface area contributed by atoms with Crippen molar-refractivity contribution in [2.24, 2.45) is 0 Å². The van der Waals surface area contributed by atoms with E-state index in [-0.39, 0.29) is 11.7 Å². The normalized spacial score (nSPS) is 11.0. The summed E-state index contributed by atoms with van der Waals surface area (Å²) >= 11 is 0. The van der Waals surface area contributed by atoms with E-state index in [1.807, 2.05) is 37.2 Å². The Morgan fingerprint density at radius 2 is 2.04 bits per heavy atom. The van der Waals surface area contributed by atoms with E-state index < -0.39 is 0 Å². The lowest BCUT2D eigenvalue weighted by Gasteiger charge is -2.22. The van der Waals surface area contributed by atoms with Crippen molar-refractivity contribution in [2.45, 2.75) is 0 Å². The molecule has 132 valence electrons. The van der Waals surface area contributed by atoms with Crippen LogP contribution in [0.5, 0.6) is 11.5 Å². The minimum absolute atomic E-state index is 0.0621. The first kappa shape index (κ1) is 18.5. The zero-order valence-electron chi connectivity index (χ0n) is 14.7. The molecule has 0 unspecified atom stereocenters. The number of benzene rings is 1. The first-order chi connectivity index (χ1) is 12.0. The Kier molecular flexibility index (Phi) is 6.54. The molecule has 2 rings (SSSR count). The number of aromatic nitrogens is 1. The van der Waals surface area contributed by atoms with Crippen LogP contribution in [0.1, 0.15) is 5.56 Å². The van der Waals surface area contributed by atoms with Gasteiger partial charge in [0.15, 0.2) is 11.5 Å². The third-order valence-corrected chi connectivity index (χ3v) is 3.58.